The van der Waals surface area contributed by atoms with Crippen molar-refractivity contribution in [1.82, 2.24) is 4.90 Å². The Hall–Kier alpha value is -1.88. The highest BCUT2D eigenvalue weighted by Gasteiger charge is 2.23. The van der Waals surface area contributed by atoms with Crippen molar-refractivity contribution in [2.24, 2.45) is 0 Å². The lowest BCUT2D eigenvalue weighted by atomic mass is 10.1. The summed E-state index contributed by atoms with van der Waals surface area (Å²) in [6.07, 6.45) is 3.18. The van der Waals surface area contributed by atoms with E-state index in [2.05, 4.69) is 16.9 Å². The highest BCUT2D eigenvalue weighted by atomic mass is 16.5. The third-order valence-electron chi connectivity index (χ3n) is 4.09. The number of methoxy groups -OCH3 is 1. The van der Waals surface area contributed by atoms with E-state index in [0.29, 0.717) is 39.0 Å². The molecule has 0 aromatic heterocycles. The van der Waals surface area contributed by atoms with Gasteiger partial charge in [0.1, 0.15) is 0 Å². The fraction of sp³-hybridized carbons (Fsp3) is 0.556. The molecule has 1 atom stereocenters. The molecule has 2 rings (SSSR count). The maximum absolute atomic E-state index is 12.2. The molecule has 0 bridgehead atoms. The summed E-state index contributed by atoms with van der Waals surface area (Å²) in [7, 11) is 1.36. The molecule has 1 aliphatic rings. The summed E-state index contributed by atoms with van der Waals surface area (Å²) in [6.45, 7) is 1.87. The number of benzene rings is 1. The van der Waals surface area contributed by atoms with Gasteiger partial charge < -0.3 is 14.4 Å². The lowest BCUT2D eigenvalue weighted by Crippen LogP contribution is -2.45. The molecule has 0 N–H and O–H groups in total. The summed E-state index contributed by atoms with van der Waals surface area (Å²) >= 11 is 0. The number of nitrogens with zero attached hydrogens (tertiary/aromatic N) is 1. The zero-order valence-electron chi connectivity index (χ0n) is 13.7. The van der Waals surface area contributed by atoms with Gasteiger partial charge in [0.2, 0.25) is 5.91 Å². The van der Waals surface area contributed by atoms with Crippen LogP contribution in [0.15, 0.2) is 30.3 Å². The summed E-state index contributed by atoms with van der Waals surface area (Å²) in [6, 6.07) is 10.3. The van der Waals surface area contributed by atoms with Gasteiger partial charge in [-0.25, -0.2) is 0 Å². The molecule has 0 radical (unpaired) electrons. The Morgan fingerprint density at radius 2 is 2.04 bits per heavy atom. The smallest absolute Gasteiger partial charge is 0.305 e. The van der Waals surface area contributed by atoms with Gasteiger partial charge in [0.15, 0.2) is 0 Å². The molecule has 0 saturated carbocycles. The molecule has 5 nitrogen and oxygen atoms in total. The van der Waals surface area contributed by atoms with Crippen LogP contribution in [-0.4, -0.2) is 49.7 Å². The van der Waals surface area contributed by atoms with Crippen LogP contribution >= 0.6 is 0 Å². The van der Waals surface area contributed by atoms with Crippen molar-refractivity contribution in [2.75, 3.05) is 26.8 Å². The molecule has 23 heavy (non-hydrogen) atoms. The maximum Gasteiger partial charge on any atom is 0.305 e. The molecule has 1 heterocycles. The van der Waals surface area contributed by atoms with Crippen molar-refractivity contribution in [3.8, 4) is 0 Å². The monoisotopic (exact) mass is 319 g/mol. The first kappa shape index (κ1) is 17.5. The number of esters is 1. The van der Waals surface area contributed by atoms with E-state index in [-0.39, 0.29) is 18.0 Å². The largest absolute Gasteiger partial charge is 0.469 e. The predicted molar refractivity (Wildman–Crippen MR) is 87.0 cm³/mol. The number of ether oxygens (including phenoxy) is 2. The molecule has 1 aromatic carbocycles. The molecule has 126 valence electrons. The second-order valence-electron chi connectivity index (χ2n) is 5.79. The van der Waals surface area contributed by atoms with Gasteiger partial charge in [-0.2, -0.15) is 0 Å². The van der Waals surface area contributed by atoms with Crippen molar-refractivity contribution in [3.05, 3.63) is 35.9 Å². The van der Waals surface area contributed by atoms with Gasteiger partial charge in [0.25, 0.3) is 0 Å². The molecule has 1 aromatic rings. The molecule has 0 spiro atoms. The quantitative estimate of drug-likeness (QED) is 0.723. The molecule has 1 fully saturated rings. The van der Waals surface area contributed by atoms with Crippen molar-refractivity contribution in [1.29, 1.82) is 0 Å². The Kier molecular flexibility index (Phi) is 7.07. The number of aryl methyl sites for hydroxylation is 1. The van der Waals surface area contributed by atoms with Crippen molar-refractivity contribution in [2.45, 2.75) is 38.2 Å². The zero-order chi connectivity index (χ0) is 16.5. The number of amides is 1. The van der Waals surface area contributed by atoms with Gasteiger partial charge in [0, 0.05) is 25.9 Å². The van der Waals surface area contributed by atoms with E-state index in [0.717, 1.165) is 12.8 Å². The number of carbonyl (C=O) groups excluding carboxylic acids is 2. The Balaban J connectivity index is 1.72. The lowest BCUT2D eigenvalue weighted by molar-refractivity contribution is -0.141. The van der Waals surface area contributed by atoms with Gasteiger partial charge in [-0.05, 0) is 24.8 Å². The fourth-order valence-electron chi connectivity index (χ4n) is 2.74. The normalized spacial score (nSPS) is 17.8. The van der Waals surface area contributed by atoms with Crippen molar-refractivity contribution in [3.63, 3.8) is 0 Å². The molecule has 1 amide bonds. The average molecular weight is 319 g/mol. The molecular weight excluding hydrogens is 294 g/mol. The van der Waals surface area contributed by atoms with Crippen LogP contribution in [0.25, 0.3) is 0 Å². The zero-order valence-corrected chi connectivity index (χ0v) is 13.7. The third-order valence-corrected chi connectivity index (χ3v) is 4.09. The van der Waals surface area contributed by atoms with E-state index < -0.39 is 0 Å². The number of hydrogen-bond acceptors (Lipinski definition) is 4. The van der Waals surface area contributed by atoms with Crippen LogP contribution in [0.5, 0.6) is 0 Å². The maximum atomic E-state index is 12.2. The van der Waals surface area contributed by atoms with Crippen molar-refractivity contribution < 1.29 is 19.1 Å². The summed E-state index contributed by atoms with van der Waals surface area (Å²) in [4.78, 5) is 25.1. The van der Waals surface area contributed by atoms with Crippen LogP contribution in [0.2, 0.25) is 0 Å². The second-order valence-corrected chi connectivity index (χ2v) is 5.79. The number of carbonyl (C=O) groups is 2. The van der Waals surface area contributed by atoms with Crippen LogP contribution in [0.3, 0.4) is 0 Å². The minimum Gasteiger partial charge on any atom is -0.469 e. The molecule has 0 aliphatic carbocycles. The topological polar surface area (TPSA) is 55.8 Å². The van der Waals surface area contributed by atoms with Gasteiger partial charge >= 0.3 is 5.97 Å². The van der Waals surface area contributed by atoms with Crippen LogP contribution in [0.1, 0.15) is 31.2 Å². The Morgan fingerprint density at radius 3 is 2.78 bits per heavy atom. The molecule has 1 aliphatic heterocycles. The minimum atomic E-state index is -0.263. The fourth-order valence-corrected chi connectivity index (χ4v) is 2.74. The number of hydrogen-bond donors (Lipinski definition) is 0. The lowest BCUT2D eigenvalue weighted by Gasteiger charge is -2.33. The Labute approximate surface area is 137 Å². The minimum absolute atomic E-state index is 0.0912. The highest BCUT2D eigenvalue weighted by molar-refractivity contribution is 5.77. The number of rotatable bonds is 7. The Bertz CT molecular complexity index is 503. The molecule has 1 saturated heterocycles. The Morgan fingerprint density at radius 1 is 1.26 bits per heavy atom. The van der Waals surface area contributed by atoms with Crippen molar-refractivity contribution >= 4 is 11.9 Å². The third kappa shape index (κ3) is 6.02. The van der Waals surface area contributed by atoms with E-state index in [1.807, 2.05) is 23.1 Å². The molecular formula is C18H25NO4. The summed E-state index contributed by atoms with van der Waals surface area (Å²) in [5, 5.41) is 0. The van der Waals surface area contributed by atoms with E-state index in [1.165, 1.54) is 12.7 Å². The second kappa shape index (κ2) is 9.30. The van der Waals surface area contributed by atoms with E-state index in [9.17, 15) is 9.59 Å². The number of morpholine rings is 1. The van der Waals surface area contributed by atoms with E-state index in [4.69, 9.17) is 4.74 Å². The first-order valence-corrected chi connectivity index (χ1v) is 8.19. The van der Waals surface area contributed by atoms with Crippen LogP contribution in [0, 0.1) is 0 Å². The average Bonchev–Trinajstić information content (AvgIpc) is 2.60. The van der Waals surface area contributed by atoms with Gasteiger partial charge in [-0.15, -0.1) is 0 Å². The first-order chi connectivity index (χ1) is 11.2. The molecule has 0 unspecified atom stereocenters. The summed E-state index contributed by atoms with van der Waals surface area (Å²) in [5.74, 6) is -0.164. The van der Waals surface area contributed by atoms with Gasteiger partial charge in [-0.3, -0.25) is 9.59 Å². The first-order valence-electron chi connectivity index (χ1n) is 8.19. The van der Waals surface area contributed by atoms with Crippen LogP contribution in [0.4, 0.5) is 0 Å². The summed E-state index contributed by atoms with van der Waals surface area (Å²) < 4.78 is 10.4. The van der Waals surface area contributed by atoms with Gasteiger partial charge in [-0.1, -0.05) is 30.3 Å². The van der Waals surface area contributed by atoms with Crippen LogP contribution < -0.4 is 0 Å². The van der Waals surface area contributed by atoms with E-state index in [1.54, 1.807) is 0 Å². The van der Waals surface area contributed by atoms with Gasteiger partial charge in [0.05, 0.1) is 19.8 Å². The van der Waals surface area contributed by atoms with E-state index >= 15 is 0 Å². The van der Waals surface area contributed by atoms with Crippen LogP contribution in [-0.2, 0) is 25.5 Å². The standard InChI is InChI=1S/C18H25NO4/c1-22-18(21)9-5-8-17(20)19-12-13-23-16(14-19)11-10-15-6-3-2-4-7-15/h2-4,6-7,16H,5,8-14H2,1H3/t16-/m0/s1. The predicted octanol–water partition coefficient (Wildman–Crippen LogP) is 2.19. The SMILES string of the molecule is COC(=O)CCCC(=O)N1CCO[C@@H](CCc2ccccc2)C1. The summed E-state index contributed by atoms with van der Waals surface area (Å²) in [5.41, 5.74) is 1.29. The molecule has 5 heteroatoms. The highest BCUT2D eigenvalue weighted by Crippen LogP contribution is 2.14.